The summed E-state index contributed by atoms with van der Waals surface area (Å²) < 4.78 is 11.4. The highest BCUT2D eigenvalue weighted by Crippen LogP contribution is 2.23. The molecule has 1 fully saturated rings. The Labute approximate surface area is 202 Å². The maximum Gasteiger partial charge on any atom is 0.246 e. The topological polar surface area (TPSA) is 42.0 Å². The summed E-state index contributed by atoms with van der Waals surface area (Å²) in [6.45, 7) is 6.74. The minimum absolute atomic E-state index is 0.0495. The van der Waals surface area contributed by atoms with E-state index in [2.05, 4.69) is 36.1 Å². The van der Waals surface area contributed by atoms with Gasteiger partial charge in [0.05, 0.1) is 7.11 Å². The molecule has 0 N–H and O–H groups in total. The van der Waals surface area contributed by atoms with Gasteiger partial charge in [0.1, 0.15) is 18.1 Å². The molecule has 0 bridgehead atoms. The van der Waals surface area contributed by atoms with Crippen LogP contribution in [-0.2, 0) is 17.9 Å². The van der Waals surface area contributed by atoms with Crippen molar-refractivity contribution >= 4 is 12.0 Å². The van der Waals surface area contributed by atoms with E-state index < -0.39 is 0 Å². The lowest BCUT2D eigenvalue weighted by molar-refractivity contribution is -0.127. The van der Waals surface area contributed by atoms with Gasteiger partial charge in [0.15, 0.2) is 0 Å². The van der Waals surface area contributed by atoms with Gasteiger partial charge in [-0.15, -0.1) is 0 Å². The van der Waals surface area contributed by atoms with Gasteiger partial charge in [-0.3, -0.25) is 9.69 Å². The van der Waals surface area contributed by atoms with Crippen LogP contribution >= 0.6 is 0 Å². The Kier molecular flexibility index (Phi) is 7.99. The van der Waals surface area contributed by atoms with Crippen molar-refractivity contribution in [2.75, 3.05) is 33.3 Å². The summed E-state index contributed by atoms with van der Waals surface area (Å²) >= 11 is 0. The van der Waals surface area contributed by atoms with Crippen LogP contribution in [0.25, 0.3) is 6.08 Å². The standard InChI is InChI=1S/C29H32N2O3/c1-23-8-6-7-9-25(23)21-30-16-18-31(19-17-30)29(32)15-13-24-12-14-28(33-2)26(20-24)22-34-27-10-4-3-5-11-27/h3-15,20H,16-19,21-22H2,1-2H3/b15-13+. The van der Waals surface area contributed by atoms with Gasteiger partial charge in [0.2, 0.25) is 5.91 Å². The van der Waals surface area contributed by atoms with Gasteiger partial charge in [0.25, 0.3) is 0 Å². The highest BCUT2D eigenvalue weighted by atomic mass is 16.5. The maximum atomic E-state index is 12.8. The monoisotopic (exact) mass is 456 g/mol. The van der Waals surface area contributed by atoms with Crippen LogP contribution in [0.4, 0.5) is 0 Å². The average molecular weight is 457 g/mol. The van der Waals surface area contributed by atoms with Crippen molar-refractivity contribution in [2.24, 2.45) is 0 Å². The fraction of sp³-hybridized carbons (Fsp3) is 0.276. The highest BCUT2D eigenvalue weighted by Gasteiger charge is 2.20. The molecule has 0 saturated carbocycles. The number of carbonyl (C=O) groups is 1. The molecule has 1 amide bonds. The largest absolute Gasteiger partial charge is 0.496 e. The van der Waals surface area contributed by atoms with Crippen LogP contribution in [0.5, 0.6) is 11.5 Å². The second-order valence-corrected chi connectivity index (χ2v) is 8.53. The molecule has 0 spiro atoms. The number of methoxy groups -OCH3 is 1. The zero-order valence-electron chi connectivity index (χ0n) is 19.9. The molecule has 0 unspecified atom stereocenters. The lowest BCUT2D eigenvalue weighted by atomic mass is 10.1. The maximum absolute atomic E-state index is 12.8. The SMILES string of the molecule is COc1ccc(/C=C/C(=O)N2CCN(Cc3ccccc3C)CC2)cc1COc1ccccc1. The number of benzene rings is 3. The lowest BCUT2D eigenvalue weighted by Crippen LogP contribution is -2.47. The number of nitrogens with zero attached hydrogens (tertiary/aromatic N) is 2. The van der Waals surface area contributed by atoms with E-state index in [-0.39, 0.29) is 5.91 Å². The number of carbonyl (C=O) groups excluding carboxylic acids is 1. The van der Waals surface area contributed by atoms with Crippen molar-refractivity contribution in [1.82, 2.24) is 9.80 Å². The first-order chi connectivity index (χ1) is 16.6. The molecule has 176 valence electrons. The van der Waals surface area contributed by atoms with Crippen molar-refractivity contribution < 1.29 is 14.3 Å². The van der Waals surface area contributed by atoms with E-state index in [1.807, 2.05) is 59.5 Å². The summed E-state index contributed by atoms with van der Waals surface area (Å²) in [5, 5.41) is 0. The molecule has 0 aromatic heterocycles. The first-order valence-electron chi connectivity index (χ1n) is 11.7. The fourth-order valence-electron chi connectivity index (χ4n) is 4.12. The molecule has 5 nitrogen and oxygen atoms in total. The number of piperazine rings is 1. The molecule has 34 heavy (non-hydrogen) atoms. The summed E-state index contributed by atoms with van der Waals surface area (Å²) in [6.07, 6.45) is 3.54. The van der Waals surface area contributed by atoms with Gasteiger partial charge in [-0.05, 0) is 54.0 Å². The number of rotatable bonds is 8. The number of hydrogen-bond donors (Lipinski definition) is 0. The van der Waals surface area contributed by atoms with Gasteiger partial charge >= 0.3 is 0 Å². The van der Waals surface area contributed by atoms with Gasteiger partial charge in [-0.25, -0.2) is 0 Å². The third-order valence-electron chi connectivity index (χ3n) is 6.20. The van der Waals surface area contributed by atoms with E-state index in [9.17, 15) is 4.79 Å². The van der Waals surface area contributed by atoms with Crippen molar-refractivity contribution in [3.8, 4) is 11.5 Å². The molecule has 0 aliphatic carbocycles. The molecule has 1 aliphatic heterocycles. The average Bonchev–Trinajstić information content (AvgIpc) is 2.88. The summed E-state index contributed by atoms with van der Waals surface area (Å²) in [7, 11) is 1.65. The van der Waals surface area contributed by atoms with Gasteiger partial charge in [-0.1, -0.05) is 48.5 Å². The van der Waals surface area contributed by atoms with Gasteiger partial charge in [-0.2, -0.15) is 0 Å². The second-order valence-electron chi connectivity index (χ2n) is 8.53. The number of amides is 1. The third-order valence-corrected chi connectivity index (χ3v) is 6.20. The van der Waals surface area contributed by atoms with Crippen LogP contribution in [0.1, 0.15) is 22.3 Å². The smallest absolute Gasteiger partial charge is 0.246 e. The van der Waals surface area contributed by atoms with Crippen LogP contribution in [0.15, 0.2) is 78.9 Å². The Morgan fingerprint density at radius 2 is 1.65 bits per heavy atom. The van der Waals surface area contributed by atoms with Crippen LogP contribution in [0.2, 0.25) is 0 Å². The molecule has 0 radical (unpaired) electrons. The molecule has 4 rings (SSSR count). The predicted molar refractivity (Wildman–Crippen MR) is 136 cm³/mol. The van der Waals surface area contributed by atoms with E-state index in [1.54, 1.807) is 13.2 Å². The van der Waals surface area contributed by atoms with Crippen molar-refractivity contribution in [3.05, 3.63) is 101 Å². The lowest BCUT2D eigenvalue weighted by Gasteiger charge is -2.34. The van der Waals surface area contributed by atoms with Crippen LogP contribution in [0.3, 0.4) is 0 Å². The molecule has 1 saturated heterocycles. The first-order valence-corrected chi connectivity index (χ1v) is 11.7. The number of para-hydroxylation sites is 1. The molecule has 0 atom stereocenters. The van der Waals surface area contributed by atoms with E-state index in [0.717, 1.165) is 55.3 Å². The van der Waals surface area contributed by atoms with Crippen molar-refractivity contribution in [1.29, 1.82) is 0 Å². The van der Waals surface area contributed by atoms with Crippen LogP contribution in [-0.4, -0.2) is 49.0 Å². The Balaban J connectivity index is 1.32. The highest BCUT2D eigenvalue weighted by molar-refractivity contribution is 5.91. The fourth-order valence-corrected chi connectivity index (χ4v) is 4.12. The number of ether oxygens (including phenoxy) is 2. The van der Waals surface area contributed by atoms with Crippen molar-refractivity contribution in [2.45, 2.75) is 20.1 Å². The Morgan fingerprint density at radius 3 is 2.38 bits per heavy atom. The zero-order chi connectivity index (χ0) is 23.8. The zero-order valence-corrected chi connectivity index (χ0v) is 19.9. The number of aryl methyl sites for hydroxylation is 1. The quantitative estimate of drug-likeness (QED) is 0.450. The summed E-state index contributed by atoms with van der Waals surface area (Å²) in [6, 6.07) is 24.1. The van der Waals surface area contributed by atoms with Crippen LogP contribution in [0, 0.1) is 6.92 Å². The molecule has 1 aliphatic rings. The Morgan fingerprint density at radius 1 is 0.912 bits per heavy atom. The van der Waals surface area contributed by atoms with E-state index in [1.165, 1.54) is 11.1 Å². The third kappa shape index (κ3) is 6.27. The van der Waals surface area contributed by atoms with E-state index in [4.69, 9.17) is 9.47 Å². The number of hydrogen-bond acceptors (Lipinski definition) is 4. The molecule has 1 heterocycles. The Hall–Kier alpha value is -3.57. The molecular weight excluding hydrogens is 424 g/mol. The summed E-state index contributed by atoms with van der Waals surface area (Å²) in [5.74, 6) is 1.62. The van der Waals surface area contributed by atoms with E-state index in [0.29, 0.717) is 6.61 Å². The van der Waals surface area contributed by atoms with Crippen molar-refractivity contribution in [3.63, 3.8) is 0 Å². The summed E-state index contributed by atoms with van der Waals surface area (Å²) in [4.78, 5) is 17.1. The van der Waals surface area contributed by atoms with Gasteiger partial charge < -0.3 is 14.4 Å². The normalized spacial score (nSPS) is 14.4. The molecule has 5 heteroatoms. The summed E-state index contributed by atoms with van der Waals surface area (Å²) in [5.41, 5.74) is 4.55. The van der Waals surface area contributed by atoms with E-state index >= 15 is 0 Å². The second kappa shape index (κ2) is 11.5. The molecule has 3 aromatic rings. The minimum atomic E-state index is 0.0495. The van der Waals surface area contributed by atoms with Crippen LogP contribution < -0.4 is 9.47 Å². The van der Waals surface area contributed by atoms with Gasteiger partial charge in [0, 0.05) is 44.4 Å². The first kappa shape index (κ1) is 23.6. The minimum Gasteiger partial charge on any atom is -0.496 e. The predicted octanol–water partition coefficient (Wildman–Crippen LogP) is 4.94. The Bertz CT molecular complexity index is 1120. The molecule has 3 aromatic carbocycles. The molecular formula is C29H32N2O3.